The van der Waals surface area contributed by atoms with Crippen molar-refractivity contribution in [2.24, 2.45) is 11.1 Å². The summed E-state index contributed by atoms with van der Waals surface area (Å²) >= 11 is 0. The number of rotatable bonds is 2. The lowest BCUT2D eigenvalue weighted by Gasteiger charge is -2.20. The number of hydrogen-bond donors (Lipinski definition) is 2. The summed E-state index contributed by atoms with van der Waals surface area (Å²) < 4.78 is 0. The van der Waals surface area contributed by atoms with E-state index in [-0.39, 0.29) is 24.0 Å². The van der Waals surface area contributed by atoms with Gasteiger partial charge in [0.25, 0.3) is 0 Å². The standard InChI is InChI=1S/C8H16N2O2/c1-8(2)5-10(3-6(8)11)4-7(9)12/h6,11H,3-5H2,1-2H3,(H2,9,12). The van der Waals surface area contributed by atoms with Gasteiger partial charge in [-0.25, -0.2) is 0 Å². The van der Waals surface area contributed by atoms with E-state index in [1.165, 1.54) is 0 Å². The molecule has 1 unspecified atom stereocenters. The number of primary amides is 1. The van der Waals surface area contributed by atoms with Crippen molar-refractivity contribution < 1.29 is 9.90 Å². The number of nitrogens with two attached hydrogens (primary N) is 1. The summed E-state index contributed by atoms with van der Waals surface area (Å²) in [4.78, 5) is 12.5. The van der Waals surface area contributed by atoms with Crippen LogP contribution in [0.25, 0.3) is 0 Å². The number of hydrogen-bond acceptors (Lipinski definition) is 3. The molecule has 0 aromatic heterocycles. The van der Waals surface area contributed by atoms with Crippen LogP contribution in [0.4, 0.5) is 0 Å². The maximum absolute atomic E-state index is 10.6. The van der Waals surface area contributed by atoms with Crippen LogP contribution in [0.2, 0.25) is 0 Å². The Labute approximate surface area is 72.3 Å². The van der Waals surface area contributed by atoms with Crippen LogP contribution in [-0.4, -0.2) is 41.7 Å². The summed E-state index contributed by atoms with van der Waals surface area (Å²) in [5.41, 5.74) is 4.93. The summed E-state index contributed by atoms with van der Waals surface area (Å²) in [6.07, 6.45) is -0.350. The second-order valence-electron chi connectivity index (χ2n) is 4.14. The number of carbonyl (C=O) groups is 1. The fourth-order valence-corrected chi connectivity index (χ4v) is 1.58. The fourth-order valence-electron chi connectivity index (χ4n) is 1.58. The van der Waals surface area contributed by atoms with E-state index in [4.69, 9.17) is 5.73 Å². The Morgan fingerprint density at radius 3 is 2.67 bits per heavy atom. The number of aliphatic hydroxyl groups is 1. The minimum atomic E-state index is -0.350. The summed E-state index contributed by atoms with van der Waals surface area (Å²) in [5, 5.41) is 9.55. The topological polar surface area (TPSA) is 66.6 Å². The van der Waals surface area contributed by atoms with Crippen molar-refractivity contribution in [2.75, 3.05) is 19.6 Å². The third-order valence-corrected chi connectivity index (χ3v) is 2.34. The summed E-state index contributed by atoms with van der Waals surface area (Å²) in [6, 6.07) is 0. The monoisotopic (exact) mass is 172 g/mol. The molecule has 1 aliphatic rings. The first-order chi connectivity index (χ1) is 5.42. The van der Waals surface area contributed by atoms with Crippen LogP contribution in [0.1, 0.15) is 13.8 Å². The van der Waals surface area contributed by atoms with E-state index in [2.05, 4.69) is 0 Å². The second-order valence-corrected chi connectivity index (χ2v) is 4.14. The molecule has 0 aromatic rings. The van der Waals surface area contributed by atoms with Gasteiger partial charge in [0.15, 0.2) is 0 Å². The van der Waals surface area contributed by atoms with E-state index >= 15 is 0 Å². The molecular formula is C8H16N2O2. The molecular weight excluding hydrogens is 156 g/mol. The first-order valence-electron chi connectivity index (χ1n) is 4.10. The average molecular weight is 172 g/mol. The second kappa shape index (κ2) is 3.03. The molecule has 0 aromatic carbocycles. The number of likely N-dealkylation sites (tertiary alicyclic amines) is 1. The zero-order chi connectivity index (χ0) is 9.35. The van der Waals surface area contributed by atoms with Gasteiger partial charge < -0.3 is 10.8 Å². The molecule has 70 valence electrons. The Hall–Kier alpha value is -0.610. The molecule has 1 aliphatic heterocycles. The van der Waals surface area contributed by atoms with E-state index in [9.17, 15) is 9.90 Å². The number of amides is 1. The maximum atomic E-state index is 10.6. The van der Waals surface area contributed by atoms with Crippen LogP contribution >= 0.6 is 0 Å². The molecule has 0 bridgehead atoms. The number of β-amino-alcohol motifs (C(OH)–C–C–N with tert-alkyl or cyclic N) is 1. The van der Waals surface area contributed by atoms with E-state index in [1.807, 2.05) is 18.7 Å². The molecule has 0 saturated carbocycles. The van der Waals surface area contributed by atoms with Crippen LogP contribution < -0.4 is 5.73 Å². The minimum Gasteiger partial charge on any atom is -0.391 e. The minimum absolute atomic E-state index is 0.116. The molecule has 0 aliphatic carbocycles. The Balaban J connectivity index is 2.49. The number of nitrogens with zero attached hydrogens (tertiary/aromatic N) is 1. The molecule has 3 N–H and O–H groups in total. The van der Waals surface area contributed by atoms with Crippen LogP contribution in [0, 0.1) is 5.41 Å². The van der Waals surface area contributed by atoms with Crippen LogP contribution in [0.3, 0.4) is 0 Å². The van der Waals surface area contributed by atoms with Crippen molar-refractivity contribution in [1.82, 2.24) is 4.90 Å². The maximum Gasteiger partial charge on any atom is 0.231 e. The Morgan fingerprint density at radius 1 is 1.75 bits per heavy atom. The SMILES string of the molecule is CC1(C)CN(CC(N)=O)CC1O. The Morgan fingerprint density at radius 2 is 2.33 bits per heavy atom. The molecule has 1 heterocycles. The average Bonchev–Trinajstić information content (AvgIpc) is 2.04. The Kier molecular flexibility index (Phi) is 2.39. The molecule has 12 heavy (non-hydrogen) atoms. The predicted octanol–water partition coefficient (Wildman–Crippen LogP) is -0.826. The van der Waals surface area contributed by atoms with Crippen molar-refractivity contribution in [3.8, 4) is 0 Å². The molecule has 0 radical (unpaired) electrons. The fraction of sp³-hybridized carbons (Fsp3) is 0.875. The van der Waals surface area contributed by atoms with Crippen molar-refractivity contribution >= 4 is 5.91 Å². The third kappa shape index (κ3) is 1.95. The van der Waals surface area contributed by atoms with E-state index in [0.29, 0.717) is 6.54 Å². The summed E-state index contributed by atoms with van der Waals surface area (Å²) in [5.74, 6) is -0.333. The number of carbonyl (C=O) groups excluding carboxylic acids is 1. The summed E-state index contributed by atoms with van der Waals surface area (Å²) in [7, 11) is 0. The molecule has 4 nitrogen and oxygen atoms in total. The largest absolute Gasteiger partial charge is 0.391 e. The van der Waals surface area contributed by atoms with Crippen molar-refractivity contribution in [1.29, 1.82) is 0 Å². The van der Waals surface area contributed by atoms with Crippen molar-refractivity contribution in [2.45, 2.75) is 20.0 Å². The van der Waals surface area contributed by atoms with Gasteiger partial charge in [-0.15, -0.1) is 0 Å². The molecule has 0 spiro atoms. The highest BCUT2D eigenvalue weighted by atomic mass is 16.3. The van der Waals surface area contributed by atoms with E-state index in [1.54, 1.807) is 0 Å². The highest BCUT2D eigenvalue weighted by Crippen LogP contribution is 2.28. The molecule has 1 fully saturated rings. The highest BCUT2D eigenvalue weighted by molar-refractivity contribution is 5.75. The quantitative estimate of drug-likeness (QED) is 0.571. The van der Waals surface area contributed by atoms with Gasteiger partial charge in [-0.1, -0.05) is 13.8 Å². The predicted molar refractivity (Wildman–Crippen MR) is 45.4 cm³/mol. The van der Waals surface area contributed by atoms with Gasteiger partial charge in [0.05, 0.1) is 12.6 Å². The zero-order valence-electron chi connectivity index (χ0n) is 7.58. The van der Waals surface area contributed by atoms with Gasteiger partial charge in [0.1, 0.15) is 0 Å². The van der Waals surface area contributed by atoms with Gasteiger partial charge in [0, 0.05) is 18.5 Å². The van der Waals surface area contributed by atoms with Gasteiger partial charge in [-0.2, -0.15) is 0 Å². The molecule has 1 amide bonds. The highest BCUT2D eigenvalue weighted by Gasteiger charge is 2.38. The molecule has 1 atom stereocenters. The van der Waals surface area contributed by atoms with E-state index < -0.39 is 0 Å². The number of aliphatic hydroxyl groups excluding tert-OH is 1. The van der Waals surface area contributed by atoms with Crippen molar-refractivity contribution in [3.05, 3.63) is 0 Å². The zero-order valence-corrected chi connectivity index (χ0v) is 7.58. The van der Waals surface area contributed by atoms with Gasteiger partial charge in [-0.3, -0.25) is 9.69 Å². The molecule has 4 heteroatoms. The van der Waals surface area contributed by atoms with Crippen LogP contribution in [0.5, 0.6) is 0 Å². The van der Waals surface area contributed by atoms with Gasteiger partial charge in [-0.05, 0) is 0 Å². The van der Waals surface area contributed by atoms with E-state index in [0.717, 1.165) is 6.54 Å². The first-order valence-corrected chi connectivity index (χ1v) is 4.10. The lowest BCUT2D eigenvalue weighted by molar-refractivity contribution is -0.119. The first kappa shape index (κ1) is 9.48. The summed E-state index contributed by atoms with van der Waals surface area (Å²) in [6.45, 7) is 5.50. The van der Waals surface area contributed by atoms with Crippen LogP contribution in [-0.2, 0) is 4.79 Å². The molecule has 1 rings (SSSR count). The van der Waals surface area contributed by atoms with Crippen molar-refractivity contribution in [3.63, 3.8) is 0 Å². The Bertz CT molecular complexity index is 191. The normalized spacial score (nSPS) is 29.1. The molecule has 1 saturated heterocycles. The lowest BCUT2D eigenvalue weighted by atomic mass is 9.90. The van der Waals surface area contributed by atoms with Crippen LogP contribution in [0.15, 0.2) is 0 Å². The lowest BCUT2D eigenvalue weighted by Crippen LogP contribution is -2.33. The smallest absolute Gasteiger partial charge is 0.231 e. The third-order valence-electron chi connectivity index (χ3n) is 2.34. The van der Waals surface area contributed by atoms with Gasteiger partial charge in [0.2, 0.25) is 5.91 Å². The van der Waals surface area contributed by atoms with Gasteiger partial charge >= 0.3 is 0 Å².